The van der Waals surface area contributed by atoms with Crippen LogP contribution in [0.25, 0.3) is 6.08 Å². The van der Waals surface area contributed by atoms with E-state index in [4.69, 9.17) is 0 Å². The molecule has 0 aliphatic carbocycles. The van der Waals surface area contributed by atoms with Crippen LogP contribution in [0.15, 0.2) is 18.2 Å². The molecular weight excluding hydrogens is 184 g/mol. The maximum Gasteiger partial charge on any atom is 0.309 e. The molecule has 0 N–H and O–H groups in total. The van der Waals surface area contributed by atoms with Gasteiger partial charge in [0.05, 0.1) is 13.5 Å². The SMILES string of the molecule is COC(=O)C/C=C\c1ccc(C)s1. The molecule has 0 saturated carbocycles. The zero-order valence-electron chi connectivity index (χ0n) is 7.74. The number of hydrogen-bond donors (Lipinski definition) is 0. The Labute approximate surface area is 81.8 Å². The lowest BCUT2D eigenvalue weighted by Crippen LogP contribution is -1.96. The Morgan fingerprint density at radius 2 is 2.38 bits per heavy atom. The highest BCUT2D eigenvalue weighted by molar-refractivity contribution is 7.12. The summed E-state index contributed by atoms with van der Waals surface area (Å²) in [5.41, 5.74) is 0. The molecular formula is C10H12O2S. The first-order chi connectivity index (χ1) is 6.22. The number of esters is 1. The highest BCUT2D eigenvalue weighted by Gasteiger charge is 1.95. The van der Waals surface area contributed by atoms with Crippen molar-refractivity contribution in [2.24, 2.45) is 0 Å². The van der Waals surface area contributed by atoms with Gasteiger partial charge in [-0.1, -0.05) is 6.08 Å². The molecule has 0 spiro atoms. The molecule has 3 heteroatoms. The summed E-state index contributed by atoms with van der Waals surface area (Å²) in [7, 11) is 1.39. The highest BCUT2D eigenvalue weighted by atomic mass is 32.1. The summed E-state index contributed by atoms with van der Waals surface area (Å²) in [6, 6.07) is 4.09. The predicted octanol–water partition coefficient (Wildman–Crippen LogP) is 2.63. The van der Waals surface area contributed by atoms with E-state index in [9.17, 15) is 4.79 Å². The Hall–Kier alpha value is -1.09. The molecule has 0 saturated heterocycles. The summed E-state index contributed by atoms with van der Waals surface area (Å²) in [4.78, 5) is 13.2. The number of thiophene rings is 1. The van der Waals surface area contributed by atoms with E-state index in [0.29, 0.717) is 6.42 Å². The molecule has 2 nitrogen and oxygen atoms in total. The fourth-order valence-electron chi connectivity index (χ4n) is 0.898. The van der Waals surface area contributed by atoms with Gasteiger partial charge in [0.15, 0.2) is 0 Å². The lowest BCUT2D eigenvalue weighted by atomic mass is 10.3. The van der Waals surface area contributed by atoms with Crippen LogP contribution in [0, 0.1) is 6.92 Å². The normalized spacial score (nSPS) is 10.6. The van der Waals surface area contributed by atoms with Crippen molar-refractivity contribution in [3.8, 4) is 0 Å². The van der Waals surface area contributed by atoms with Gasteiger partial charge >= 0.3 is 5.97 Å². The van der Waals surface area contributed by atoms with E-state index in [1.54, 1.807) is 11.3 Å². The van der Waals surface area contributed by atoms with Crippen molar-refractivity contribution in [1.82, 2.24) is 0 Å². The number of ether oxygens (including phenoxy) is 1. The van der Waals surface area contributed by atoms with E-state index in [1.165, 1.54) is 16.9 Å². The summed E-state index contributed by atoms with van der Waals surface area (Å²) in [6.45, 7) is 2.06. The Bertz CT molecular complexity index is 312. The first-order valence-electron chi connectivity index (χ1n) is 4.02. The van der Waals surface area contributed by atoms with Gasteiger partial charge in [0.1, 0.15) is 0 Å². The lowest BCUT2D eigenvalue weighted by Gasteiger charge is -1.90. The van der Waals surface area contributed by atoms with Gasteiger partial charge in [0.25, 0.3) is 0 Å². The van der Waals surface area contributed by atoms with E-state index < -0.39 is 0 Å². The molecule has 1 aromatic rings. The summed E-state index contributed by atoms with van der Waals surface area (Å²) < 4.78 is 4.51. The van der Waals surface area contributed by atoms with Crippen LogP contribution in [0.5, 0.6) is 0 Å². The average molecular weight is 196 g/mol. The van der Waals surface area contributed by atoms with Gasteiger partial charge in [-0.25, -0.2) is 0 Å². The number of carbonyl (C=O) groups is 1. The summed E-state index contributed by atoms with van der Waals surface area (Å²) in [5.74, 6) is -0.204. The van der Waals surface area contributed by atoms with E-state index in [1.807, 2.05) is 18.2 Å². The van der Waals surface area contributed by atoms with Crippen molar-refractivity contribution in [2.45, 2.75) is 13.3 Å². The van der Waals surface area contributed by atoms with Crippen molar-refractivity contribution < 1.29 is 9.53 Å². The quantitative estimate of drug-likeness (QED) is 0.695. The second-order valence-corrected chi connectivity index (χ2v) is 3.95. The fourth-order valence-corrected chi connectivity index (χ4v) is 1.71. The van der Waals surface area contributed by atoms with Crippen molar-refractivity contribution in [3.05, 3.63) is 28.0 Å². The number of carbonyl (C=O) groups excluding carboxylic acids is 1. The minimum atomic E-state index is -0.204. The molecule has 70 valence electrons. The van der Waals surface area contributed by atoms with E-state index in [-0.39, 0.29) is 5.97 Å². The van der Waals surface area contributed by atoms with Gasteiger partial charge in [-0.05, 0) is 25.1 Å². The molecule has 1 rings (SSSR count). The van der Waals surface area contributed by atoms with Gasteiger partial charge in [-0.15, -0.1) is 11.3 Å². The van der Waals surface area contributed by atoms with Crippen molar-refractivity contribution >= 4 is 23.4 Å². The van der Waals surface area contributed by atoms with E-state index >= 15 is 0 Å². The minimum absolute atomic E-state index is 0.204. The topological polar surface area (TPSA) is 26.3 Å². The van der Waals surface area contributed by atoms with Crippen LogP contribution in [0.4, 0.5) is 0 Å². The second-order valence-electron chi connectivity index (χ2n) is 2.63. The van der Waals surface area contributed by atoms with Gasteiger partial charge in [-0.2, -0.15) is 0 Å². The summed E-state index contributed by atoms with van der Waals surface area (Å²) in [5, 5.41) is 0. The smallest absolute Gasteiger partial charge is 0.309 e. The number of aryl methyl sites for hydroxylation is 1. The van der Waals surface area contributed by atoms with Crippen molar-refractivity contribution in [2.75, 3.05) is 7.11 Å². The molecule has 1 heterocycles. The molecule has 0 unspecified atom stereocenters. The molecule has 0 aliphatic heterocycles. The van der Waals surface area contributed by atoms with Crippen LogP contribution in [0.1, 0.15) is 16.2 Å². The maximum atomic E-state index is 10.7. The molecule has 0 aliphatic rings. The third kappa shape index (κ3) is 3.42. The Kier molecular flexibility index (Phi) is 3.71. The molecule has 13 heavy (non-hydrogen) atoms. The molecule has 0 atom stereocenters. The zero-order chi connectivity index (χ0) is 9.68. The molecule has 0 bridgehead atoms. The van der Waals surface area contributed by atoms with Gasteiger partial charge in [0, 0.05) is 9.75 Å². The van der Waals surface area contributed by atoms with Crippen LogP contribution in [-0.4, -0.2) is 13.1 Å². The van der Waals surface area contributed by atoms with Crippen LogP contribution in [0.3, 0.4) is 0 Å². The molecule has 1 aromatic heterocycles. The number of rotatable bonds is 3. The Balaban J connectivity index is 2.45. The maximum absolute atomic E-state index is 10.7. The van der Waals surface area contributed by atoms with E-state index in [2.05, 4.69) is 17.7 Å². The van der Waals surface area contributed by atoms with Crippen LogP contribution in [0.2, 0.25) is 0 Å². The van der Waals surface area contributed by atoms with Crippen LogP contribution >= 0.6 is 11.3 Å². The minimum Gasteiger partial charge on any atom is -0.469 e. The third-order valence-electron chi connectivity index (χ3n) is 1.56. The van der Waals surface area contributed by atoms with Crippen molar-refractivity contribution in [3.63, 3.8) is 0 Å². The zero-order valence-corrected chi connectivity index (χ0v) is 8.56. The first kappa shape index (κ1) is 9.99. The standard InChI is InChI=1S/C10H12O2S/c1-8-6-7-9(13-8)4-3-5-10(11)12-2/h3-4,6-7H,5H2,1-2H3/b4-3-. The molecule has 0 aromatic carbocycles. The molecule has 0 amide bonds. The lowest BCUT2D eigenvalue weighted by molar-refractivity contribution is -0.139. The predicted molar refractivity (Wildman–Crippen MR) is 54.7 cm³/mol. The Morgan fingerprint density at radius 3 is 2.92 bits per heavy atom. The van der Waals surface area contributed by atoms with E-state index in [0.717, 1.165) is 0 Å². The van der Waals surface area contributed by atoms with Crippen LogP contribution in [-0.2, 0) is 9.53 Å². The first-order valence-corrected chi connectivity index (χ1v) is 4.84. The van der Waals surface area contributed by atoms with Crippen molar-refractivity contribution in [1.29, 1.82) is 0 Å². The third-order valence-corrected chi connectivity index (χ3v) is 2.52. The Morgan fingerprint density at radius 1 is 1.62 bits per heavy atom. The molecule has 0 fully saturated rings. The highest BCUT2D eigenvalue weighted by Crippen LogP contribution is 2.16. The fraction of sp³-hybridized carbons (Fsp3) is 0.300. The second kappa shape index (κ2) is 4.82. The van der Waals surface area contributed by atoms with Gasteiger partial charge < -0.3 is 4.74 Å². The number of methoxy groups -OCH3 is 1. The van der Waals surface area contributed by atoms with Gasteiger partial charge in [-0.3, -0.25) is 4.79 Å². The van der Waals surface area contributed by atoms with Gasteiger partial charge in [0.2, 0.25) is 0 Å². The number of hydrogen-bond acceptors (Lipinski definition) is 3. The molecule has 0 radical (unpaired) electrons. The van der Waals surface area contributed by atoms with Crippen LogP contribution < -0.4 is 0 Å². The largest absolute Gasteiger partial charge is 0.469 e. The monoisotopic (exact) mass is 196 g/mol. The average Bonchev–Trinajstić information content (AvgIpc) is 2.51. The summed E-state index contributed by atoms with van der Waals surface area (Å²) >= 11 is 1.71. The summed E-state index contributed by atoms with van der Waals surface area (Å²) in [6.07, 6.45) is 4.10.